The molecule has 146 valence electrons. The van der Waals surface area contributed by atoms with Crippen molar-refractivity contribution < 1.29 is 49.7 Å². The summed E-state index contributed by atoms with van der Waals surface area (Å²) in [7, 11) is 0. The van der Waals surface area contributed by atoms with Crippen molar-refractivity contribution in [1.29, 1.82) is 0 Å². The predicted molar refractivity (Wildman–Crippen MR) is 79.8 cm³/mol. The van der Waals surface area contributed by atoms with Crippen LogP contribution in [0.2, 0.25) is 0 Å². The average Bonchev–Trinajstić information content (AvgIpc) is 2.55. The van der Waals surface area contributed by atoms with Gasteiger partial charge in [0.15, 0.2) is 12.6 Å². The second-order valence-corrected chi connectivity index (χ2v) is 5.98. The maximum absolute atomic E-state index is 11.1. The fraction of sp³-hybridized carbons (Fsp3) is 0.857. The van der Waals surface area contributed by atoms with Crippen LogP contribution in [0.4, 0.5) is 0 Å². The molecule has 25 heavy (non-hydrogen) atoms. The molecule has 1 heterocycles. The summed E-state index contributed by atoms with van der Waals surface area (Å²) in [6, 6.07) is 0. The van der Waals surface area contributed by atoms with Crippen LogP contribution in [0.3, 0.4) is 0 Å². The van der Waals surface area contributed by atoms with Crippen molar-refractivity contribution in [2.75, 3.05) is 6.61 Å². The lowest BCUT2D eigenvalue weighted by Gasteiger charge is -2.40. The molecule has 1 aliphatic rings. The summed E-state index contributed by atoms with van der Waals surface area (Å²) in [5.74, 6) is -0.841. The van der Waals surface area contributed by atoms with Crippen molar-refractivity contribution in [3.05, 3.63) is 0 Å². The molecule has 11 nitrogen and oxygen atoms in total. The lowest BCUT2D eigenvalue weighted by molar-refractivity contribution is -0.289. The number of aldehydes is 1. The van der Waals surface area contributed by atoms with Gasteiger partial charge in [0, 0.05) is 13.3 Å². The summed E-state index contributed by atoms with van der Waals surface area (Å²) in [4.78, 5) is 22.2. The normalized spacial score (nSPS) is 33.0. The van der Waals surface area contributed by atoms with E-state index in [0.717, 1.165) is 6.92 Å². The topological polar surface area (TPSA) is 186 Å². The minimum atomic E-state index is -2.79. The van der Waals surface area contributed by atoms with Crippen molar-refractivity contribution in [2.24, 2.45) is 0 Å². The smallest absolute Gasteiger partial charge is 0.224 e. The van der Waals surface area contributed by atoms with Crippen LogP contribution in [0.25, 0.3) is 0 Å². The molecule has 0 aromatic heterocycles. The first-order valence-corrected chi connectivity index (χ1v) is 7.67. The van der Waals surface area contributed by atoms with Crippen molar-refractivity contribution in [2.45, 2.75) is 68.9 Å². The molecule has 1 aliphatic heterocycles. The first kappa shape index (κ1) is 21.9. The van der Waals surface area contributed by atoms with Gasteiger partial charge in [-0.1, -0.05) is 0 Å². The van der Waals surface area contributed by atoms with Crippen LogP contribution in [0.5, 0.6) is 0 Å². The molecule has 1 fully saturated rings. The first-order valence-electron chi connectivity index (χ1n) is 7.67. The molecule has 0 spiro atoms. The molecule has 1 saturated heterocycles. The van der Waals surface area contributed by atoms with Gasteiger partial charge in [-0.25, -0.2) is 0 Å². The van der Waals surface area contributed by atoms with Gasteiger partial charge in [-0.15, -0.1) is 0 Å². The maximum atomic E-state index is 11.1. The molecule has 1 amide bonds. The summed E-state index contributed by atoms with van der Waals surface area (Å²) in [6.07, 6.45) is -10.5. The molecule has 0 radical (unpaired) electrons. The third-order valence-electron chi connectivity index (χ3n) is 3.87. The van der Waals surface area contributed by atoms with Crippen LogP contribution >= 0.6 is 0 Å². The summed E-state index contributed by atoms with van der Waals surface area (Å²) in [5.41, 5.74) is -2.79. The summed E-state index contributed by atoms with van der Waals surface area (Å²) < 4.78 is 10.6. The molecule has 0 aromatic carbocycles. The van der Waals surface area contributed by atoms with Crippen molar-refractivity contribution in [3.8, 4) is 0 Å². The standard InChI is InChI=1S/C14H25NO10/c1-6-11(21)8(19)3-10(24-6)25-12(9(20)4-16)13(22)14(23,5-17)15-7(2)18/h5-6,8-13,16,19-23H,3-4H2,1-2H3,(H,15,18)/t6-,8-,9+,10?,11+,12+,13-,14-/m0/s1. The molecule has 0 bridgehead atoms. The van der Waals surface area contributed by atoms with Crippen molar-refractivity contribution in [3.63, 3.8) is 0 Å². The average molecular weight is 367 g/mol. The van der Waals surface area contributed by atoms with Crippen LogP contribution in [0.15, 0.2) is 0 Å². The van der Waals surface area contributed by atoms with E-state index in [-0.39, 0.29) is 12.7 Å². The van der Waals surface area contributed by atoms with Crippen LogP contribution < -0.4 is 5.32 Å². The lowest BCUT2D eigenvalue weighted by atomic mass is 9.97. The van der Waals surface area contributed by atoms with E-state index >= 15 is 0 Å². The van der Waals surface area contributed by atoms with E-state index in [0.29, 0.717) is 0 Å². The zero-order chi connectivity index (χ0) is 19.4. The van der Waals surface area contributed by atoms with Gasteiger partial charge in [0.2, 0.25) is 11.6 Å². The van der Waals surface area contributed by atoms with Crippen LogP contribution in [-0.2, 0) is 19.1 Å². The molecule has 11 heteroatoms. The van der Waals surface area contributed by atoms with E-state index in [1.54, 1.807) is 0 Å². The van der Waals surface area contributed by atoms with Gasteiger partial charge in [0.25, 0.3) is 0 Å². The largest absolute Gasteiger partial charge is 0.394 e. The lowest BCUT2D eigenvalue weighted by Crippen LogP contribution is -2.64. The quantitative estimate of drug-likeness (QED) is 0.164. The molecule has 7 N–H and O–H groups in total. The van der Waals surface area contributed by atoms with E-state index in [1.165, 1.54) is 6.92 Å². The Morgan fingerprint density at radius 2 is 2.04 bits per heavy atom. The number of carbonyl (C=O) groups is 2. The van der Waals surface area contributed by atoms with Gasteiger partial charge in [-0.2, -0.15) is 0 Å². The number of aliphatic hydroxyl groups excluding tert-OH is 5. The number of ether oxygens (including phenoxy) is 2. The second kappa shape index (κ2) is 8.96. The first-order chi connectivity index (χ1) is 11.6. The zero-order valence-electron chi connectivity index (χ0n) is 13.8. The highest BCUT2D eigenvalue weighted by Gasteiger charge is 2.47. The Balaban J connectivity index is 2.97. The summed E-state index contributed by atoms with van der Waals surface area (Å²) >= 11 is 0. The minimum Gasteiger partial charge on any atom is -0.394 e. The molecule has 0 aromatic rings. The third-order valence-corrected chi connectivity index (χ3v) is 3.87. The van der Waals surface area contributed by atoms with Crippen LogP contribution in [-0.4, -0.2) is 98.1 Å². The molecular weight excluding hydrogens is 342 g/mol. The van der Waals surface area contributed by atoms with Gasteiger partial charge in [-0.05, 0) is 6.92 Å². The Hall–Kier alpha value is -1.18. The Morgan fingerprint density at radius 1 is 1.44 bits per heavy atom. The molecule has 1 unspecified atom stereocenters. The van der Waals surface area contributed by atoms with Gasteiger partial charge >= 0.3 is 0 Å². The highest BCUT2D eigenvalue weighted by molar-refractivity contribution is 5.79. The number of aliphatic hydroxyl groups is 6. The van der Waals surface area contributed by atoms with Crippen molar-refractivity contribution >= 4 is 12.2 Å². The maximum Gasteiger partial charge on any atom is 0.224 e. The molecule has 0 aliphatic carbocycles. The monoisotopic (exact) mass is 367 g/mol. The van der Waals surface area contributed by atoms with Gasteiger partial charge in [0.1, 0.15) is 24.4 Å². The van der Waals surface area contributed by atoms with Crippen molar-refractivity contribution in [1.82, 2.24) is 5.32 Å². The van der Waals surface area contributed by atoms with Gasteiger partial charge < -0.3 is 45.4 Å². The van der Waals surface area contributed by atoms with Gasteiger partial charge in [0.05, 0.1) is 18.8 Å². The molecule has 1 rings (SSSR count). The number of rotatable bonds is 8. The van der Waals surface area contributed by atoms with Crippen LogP contribution in [0, 0.1) is 0 Å². The number of amides is 1. The fourth-order valence-corrected chi connectivity index (χ4v) is 2.47. The zero-order valence-corrected chi connectivity index (χ0v) is 13.8. The highest BCUT2D eigenvalue weighted by Crippen LogP contribution is 2.25. The number of nitrogens with one attached hydrogen (secondary N) is 1. The second-order valence-electron chi connectivity index (χ2n) is 5.98. The van der Waals surface area contributed by atoms with Gasteiger partial charge in [-0.3, -0.25) is 9.59 Å². The van der Waals surface area contributed by atoms with E-state index in [9.17, 15) is 35.1 Å². The highest BCUT2D eigenvalue weighted by atomic mass is 16.7. The molecule has 0 saturated carbocycles. The summed E-state index contributed by atoms with van der Waals surface area (Å²) in [6.45, 7) is 1.55. The Morgan fingerprint density at radius 3 is 2.48 bits per heavy atom. The third kappa shape index (κ3) is 5.39. The van der Waals surface area contributed by atoms with E-state index in [1.807, 2.05) is 5.32 Å². The predicted octanol–water partition coefficient (Wildman–Crippen LogP) is -4.03. The summed E-state index contributed by atoms with van der Waals surface area (Å²) in [5, 5.41) is 60.5. The number of hydrogen-bond donors (Lipinski definition) is 7. The fourth-order valence-electron chi connectivity index (χ4n) is 2.47. The van der Waals surface area contributed by atoms with Crippen LogP contribution in [0.1, 0.15) is 20.3 Å². The van der Waals surface area contributed by atoms with E-state index in [4.69, 9.17) is 14.6 Å². The number of carbonyl (C=O) groups excluding carboxylic acids is 2. The van der Waals surface area contributed by atoms with E-state index < -0.39 is 61.2 Å². The van der Waals surface area contributed by atoms with E-state index in [2.05, 4.69) is 0 Å². The Labute approximate surface area is 143 Å². The minimum absolute atomic E-state index is 0.150. The SMILES string of the molecule is CC(=O)N[C@](O)(C=O)[C@@H](O)[C@H](OC1C[C@H](O)[C@H](O)[C@H](C)O1)[C@H](O)CO. The Kier molecular flexibility index (Phi) is 7.84. The Bertz CT molecular complexity index is 451. The molecule has 8 atom stereocenters. The number of hydrogen-bond acceptors (Lipinski definition) is 10. The molecular formula is C14H25NO10.